The minimum absolute atomic E-state index is 0.279. The standard InChI is InChI=1S/C11H18N2O2/c1-10(2,3)15-9(14)11(4,5)13-8-6-7-12-13/h6-8H,1-5H3. The molecule has 0 saturated carbocycles. The Hall–Kier alpha value is -1.32. The first kappa shape index (κ1) is 11.8. The molecule has 4 nitrogen and oxygen atoms in total. The molecular weight excluding hydrogens is 192 g/mol. The van der Waals surface area contributed by atoms with Gasteiger partial charge in [0.2, 0.25) is 0 Å². The first-order chi connectivity index (χ1) is 6.73. The van der Waals surface area contributed by atoms with Crippen LogP contribution in [0.2, 0.25) is 0 Å². The molecule has 1 heterocycles. The summed E-state index contributed by atoms with van der Waals surface area (Å²) in [7, 11) is 0. The number of ether oxygens (including phenoxy) is 1. The van der Waals surface area contributed by atoms with E-state index in [1.165, 1.54) is 0 Å². The molecule has 1 aromatic heterocycles. The van der Waals surface area contributed by atoms with Gasteiger partial charge in [0.15, 0.2) is 5.54 Å². The molecule has 0 aromatic carbocycles. The van der Waals surface area contributed by atoms with Gasteiger partial charge in [0.25, 0.3) is 0 Å². The van der Waals surface area contributed by atoms with E-state index in [2.05, 4.69) is 5.10 Å². The van der Waals surface area contributed by atoms with Crippen molar-refractivity contribution < 1.29 is 9.53 Å². The Labute approximate surface area is 90.2 Å². The van der Waals surface area contributed by atoms with E-state index < -0.39 is 11.1 Å². The second-order valence-corrected chi connectivity index (χ2v) is 5.01. The minimum Gasteiger partial charge on any atom is -0.458 e. The first-order valence-electron chi connectivity index (χ1n) is 4.97. The van der Waals surface area contributed by atoms with Crippen LogP contribution < -0.4 is 0 Å². The molecule has 0 radical (unpaired) electrons. The molecule has 0 aliphatic rings. The van der Waals surface area contributed by atoms with Gasteiger partial charge in [-0.1, -0.05) is 0 Å². The number of hydrogen-bond donors (Lipinski definition) is 0. The van der Waals surface area contributed by atoms with Crippen LogP contribution in [0.4, 0.5) is 0 Å². The van der Waals surface area contributed by atoms with Crippen molar-refractivity contribution in [3.05, 3.63) is 18.5 Å². The molecule has 0 amide bonds. The molecule has 84 valence electrons. The molecule has 0 fully saturated rings. The maximum absolute atomic E-state index is 11.9. The monoisotopic (exact) mass is 210 g/mol. The van der Waals surface area contributed by atoms with Gasteiger partial charge >= 0.3 is 5.97 Å². The highest BCUT2D eigenvalue weighted by atomic mass is 16.6. The highest BCUT2D eigenvalue weighted by Crippen LogP contribution is 2.19. The number of aromatic nitrogens is 2. The van der Waals surface area contributed by atoms with Gasteiger partial charge in [-0.2, -0.15) is 5.10 Å². The number of rotatable bonds is 2. The molecule has 1 aromatic rings. The van der Waals surface area contributed by atoms with Crippen LogP contribution in [0.1, 0.15) is 34.6 Å². The van der Waals surface area contributed by atoms with Crippen LogP contribution in [0.5, 0.6) is 0 Å². The van der Waals surface area contributed by atoms with E-state index in [0.717, 1.165) is 0 Å². The van der Waals surface area contributed by atoms with Gasteiger partial charge in [0.1, 0.15) is 5.60 Å². The number of hydrogen-bond acceptors (Lipinski definition) is 3. The lowest BCUT2D eigenvalue weighted by molar-refractivity contribution is -0.164. The highest BCUT2D eigenvalue weighted by Gasteiger charge is 2.34. The normalized spacial score (nSPS) is 12.6. The zero-order valence-corrected chi connectivity index (χ0v) is 9.94. The molecule has 1 rings (SSSR count). The van der Waals surface area contributed by atoms with E-state index in [0.29, 0.717) is 0 Å². The molecule has 4 heteroatoms. The molecule has 0 bridgehead atoms. The van der Waals surface area contributed by atoms with Gasteiger partial charge in [-0.3, -0.25) is 4.68 Å². The molecule has 0 saturated heterocycles. The van der Waals surface area contributed by atoms with Crippen LogP contribution >= 0.6 is 0 Å². The van der Waals surface area contributed by atoms with Crippen molar-refractivity contribution in [3.63, 3.8) is 0 Å². The summed E-state index contributed by atoms with van der Waals surface area (Å²) in [5, 5.41) is 4.05. The molecule has 0 aliphatic heterocycles. The quantitative estimate of drug-likeness (QED) is 0.701. The summed E-state index contributed by atoms with van der Waals surface area (Å²) >= 11 is 0. The van der Waals surface area contributed by atoms with Crippen LogP contribution in [0.25, 0.3) is 0 Å². The average molecular weight is 210 g/mol. The Morgan fingerprint density at radius 3 is 2.27 bits per heavy atom. The van der Waals surface area contributed by atoms with Gasteiger partial charge in [-0.15, -0.1) is 0 Å². The van der Waals surface area contributed by atoms with Gasteiger partial charge in [0, 0.05) is 12.4 Å². The van der Waals surface area contributed by atoms with E-state index in [4.69, 9.17) is 4.74 Å². The fourth-order valence-corrected chi connectivity index (χ4v) is 1.10. The predicted molar refractivity (Wildman–Crippen MR) is 57.4 cm³/mol. The van der Waals surface area contributed by atoms with Gasteiger partial charge in [-0.25, -0.2) is 4.79 Å². The van der Waals surface area contributed by atoms with Crippen LogP contribution in [0.3, 0.4) is 0 Å². The lowest BCUT2D eigenvalue weighted by Crippen LogP contribution is -2.41. The van der Waals surface area contributed by atoms with Crippen molar-refractivity contribution in [2.75, 3.05) is 0 Å². The maximum atomic E-state index is 11.9. The third-order valence-electron chi connectivity index (χ3n) is 1.98. The zero-order chi connectivity index (χ0) is 11.7. The molecule has 0 N–H and O–H groups in total. The summed E-state index contributed by atoms with van der Waals surface area (Å²) in [6, 6.07) is 1.78. The van der Waals surface area contributed by atoms with E-state index in [-0.39, 0.29) is 5.97 Å². The molecule has 0 atom stereocenters. The summed E-state index contributed by atoms with van der Waals surface area (Å²) < 4.78 is 6.92. The topological polar surface area (TPSA) is 44.1 Å². The fraction of sp³-hybridized carbons (Fsp3) is 0.636. The number of nitrogens with zero attached hydrogens (tertiary/aromatic N) is 2. The first-order valence-corrected chi connectivity index (χ1v) is 4.97. The average Bonchev–Trinajstić information content (AvgIpc) is 2.52. The molecule has 0 unspecified atom stereocenters. The lowest BCUT2D eigenvalue weighted by atomic mass is 10.1. The molecule has 0 spiro atoms. The SMILES string of the molecule is CC(C)(C)OC(=O)C(C)(C)n1cccn1. The van der Waals surface area contributed by atoms with Crippen LogP contribution in [-0.2, 0) is 15.1 Å². The van der Waals surface area contributed by atoms with Crippen molar-refractivity contribution in [1.29, 1.82) is 0 Å². The summed E-state index contributed by atoms with van der Waals surface area (Å²) in [5.41, 5.74) is -1.24. The Morgan fingerprint density at radius 1 is 1.27 bits per heavy atom. The largest absolute Gasteiger partial charge is 0.458 e. The third kappa shape index (κ3) is 2.81. The number of carbonyl (C=O) groups excluding carboxylic acids is 1. The van der Waals surface area contributed by atoms with Crippen LogP contribution in [0.15, 0.2) is 18.5 Å². The maximum Gasteiger partial charge on any atom is 0.334 e. The van der Waals surface area contributed by atoms with Crippen molar-refractivity contribution in [1.82, 2.24) is 9.78 Å². The summed E-state index contributed by atoms with van der Waals surface area (Å²) in [5.74, 6) is -0.279. The summed E-state index contributed by atoms with van der Waals surface area (Å²) in [6.45, 7) is 9.13. The van der Waals surface area contributed by atoms with E-state index in [1.807, 2.05) is 20.8 Å². The fourth-order valence-electron chi connectivity index (χ4n) is 1.10. The van der Waals surface area contributed by atoms with Gasteiger partial charge in [-0.05, 0) is 40.7 Å². The van der Waals surface area contributed by atoms with Gasteiger partial charge < -0.3 is 4.74 Å². The van der Waals surface area contributed by atoms with Crippen molar-refractivity contribution in [2.24, 2.45) is 0 Å². The number of carbonyl (C=O) groups is 1. The second kappa shape index (κ2) is 3.68. The Morgan fingerprint density at radius 2 is 1.87 bits per heavy atom. The van der Waals surface area contributed by atoms with E-state index in [9.17, 15) is 4.79 Å². The Balaban J connectivity index is 2.83. The Kier molecular flexibility index (Phi) is 2.88. The number of esters is 1. The van der Waals surface area contributed by atoms with Gasteiger partial charge in [0.05, 0.1) is 0 Å². The highest BCUT2D eigenvalue weighted by molar-refractivity contribution is 5.78. The predicted octanol–water partition coefficient (Wildman–Crippen LogP) is 1.96. The van der Waals surface area contributed by atoms with Crippen LogP contribution in [-0.4, -0.2) is 21.4 Å². The third-order valence-corrected chi connectivity index (χ3v) is 1.98. The smallest absolute Gasteiger partial charge is 0.334 e. The molecule has 15 heavy (non-hydrogen) atoms. The summed E-state index contributed by atoms with van der Waals surface area (Å²) in [6.07, 6.45) is 3.40. The molecule has 0 aliphatic carbocycles. The van der Waals surface area contributed by atoms with Crippen molar-refractivity contribution in [3.8, 4) is 0 Å². The van der Waals surface area contributed by atoms with E-state index in [1.54, 1.807) is 37.0 Å². The minimum atomic E-state index is -0.767. The zero-order valence-electron chi connectivity index (χ0n) is 9.94. The van der Waals surface area contributed by atoms with Crippen molar-refractivity contribution in [2.45, 2.75) is 45.8 Å². The second-order valence-electron chi connectivity index (χ2n) is 5.01. The van der Waals surface area contributed by atoms with E-state index >= 15 is 0 Å². The Bertz CT molecular complexity index is 334. The lowest BCUT2D eigenvalue weighted by Gasteiger charge is -2.28. The summed E-state index contributed by atoms with van der Waals surface area (Å²) in [4.78, 5) is 11.9. The molecular formula is C11H18N2O2. The van der Waals surface area contributed by atoms with Crippen molar-refractivity contribution >= 4 is 5.97 Å². The van der Waals surface area contributed by atoms with Crippen LogP contribution in [0, 0.1) is 0 Å².